The summed E-state index contributed by atoms with van der Waals surface area (Å²) in [6, 6.07) is 0. The number of ether oxygens (including phenoxy) is 2. The van der Waals surface area contributed by atoms with E-state index < -0.39 is 40.6 Å². The van der Waals surface area contributed by atoms with Gasteiger partial charge in [0, 0.05) is 6.92 Å². The Kier molecular flexibility index (Phi) is 4.33. The summed E-state index contributed by atoms with van der Waals surface area (Å²) in [5.41, 5.74) is 3.84. The van der Waals surface area contributed by atoms with Crippen molar-refractivity contribution in [2.45, 2.75) is 32.1 Å². The van der Waals surface area contributed by atoms with Crippen LogP contribution in [-0.2, 0) is 14.3 Å². The van der Waals surface area contributed by atoms with Crippen molar-refractivity contribution in [1.82, 2.24) is 24.8 Å². The molecule has 1 fully saturated rings. The molecule has 0 aromatic carbocycles. The van der Waals surface area contributed by atoms with Crippen LogP contribution in [0.2, 0.25) is 0 Å². The number of carbonyl (C=O) groups excluding carboxylic acids is 1. The monoisotopic (exact) mass is 366 g/mol. The fraction of sp³-hybridized carbons (Fsp3) is 0.500. The Morgan fingerprint density at radius 3 is 2.88 bits per heavy atom. The standard InChI is InChI=1S/C12H14N8O6/c1-5(21)25-4-6-2-3-7(26-6)18-11(22)9-8(15-17-18)10(20(23)24)16-19(9)12(13)14/h6-7H,2-4H2,1H3,(H3,13,14). The molecule has 3 N–H and O–H groups in total. The number of carbonyl (C=O) groups is 1. The number of nitrogens with one attached hydrogen (secondary N) is 1. The highest BCUT2D eigenvalue weighted by atomic mass is 16.6. The van der Waals surface area contributed by atoms with Crippen LogP contribution in [0.25, 0.3) is 11.0 Å². The zero-order valence-electron chi connectivity index (χ0n) is 13.5. The van der Waals surface area contributed by atoms with Gasteiger partial charge >= 0.3 is 17.3 Å². The average molecular weight is 366 g/mol. The molecule has 1 aliphatic rings. The lowest BCUT2D eigenvalue weighted by atomic mass is 10.2. The summed E-state index contributed by atoms with van der Waals surface area (Å²) < 4.78 is 12.0. The van der Waals surface area contributed by atoms with E-state index in [-0.39, 0.29) is 17.6 Å². The second-order valence-electron chi connectivity index (χ2n) is 5.51. The van der Waals surface area contributed by atoms with Crippen molar-refractivity contribution < 1.29 is 19.2 Å². The second kappa shape index (κ2) is 6.47. The summed E-state index contributed by atoms with van der Waals surface area (Å²) in [7, 11) is 0. The van der Waals surface area contributed by atoms with Crippen molar-refractivity contribution in [3.63, 3.8) is 0 Å². The number of nitrogens with zero attached hydrogens (tertiary/aromatic N) is 6. The molecule has 2 aromatic heterocycles. The van der Waals surface area contributed by atoms with Crippen LogP contribution in [0.15, 0.2) is 4.79 Å². The number of nitrogens with two attached hydrogens (primary N) is 1. The quantitative estimate of drug-likeness (QED) is 0.220. The van der Waals surface area contributed by atoms with E-state index in [1.807, 2.05) is 0 Å². The lowest BCUT2D eigenvalue weighted by Crippen LogP contribution is -2.32. The predicted octanol–water partition coefficient (Wildman–Crippen LogP) is -1.12. The Morgan fingerprint density at radius 2 is 2.27 bits per heavy atom. The van der Waals surface area contributed by atoms with Crippen LogP contribution in [-0.4, -0.2) is 54.3 Å². The highest BCUT2D eigenvalue weighted by molar-refractivity contribution is 5.91. The van der Waals surface area contributed by atoms with Gasteiger partial charge in [0.05, 0.1) is 11.2 Å². The van der Waals surface area contributed by atoms with Crippen molar-refractivity contribution in [3.8, 4) is 0 Å². The molecule has 1 saturated heterocycles. The first-order valence-electron chi connectivity index (χ1n) is 7.45. The van der Waals surface area contributed by atoms with Crippen LogP contribution in [0.5, 0.6) is 0 Å². The van der Waals surface area contributed by atoms with E-state index in [9.17, 15) is 19.7 Å². The van der Waals surface area contributed by atoms with Gasteiger partial charge in [0.15, 0.2) is 11.7 Å². The Morgan fingerprint density at radius 1 is 1.54 bits per heavy atom. The van der Waals surface area contributed by atoms with Gasteiger partial charge in [-0.15, -0.1) is 5.10 Å². The topological polar surface area (TPSA) is 194 Å². The molecule has 1 aliphatic heterocycles. The minimum Gasteiger partial charge on any atom is -0.463 e. The van der Waals surface area contributed by atoms with Crippen molar-refractivity contribution in [1.29, 1.82) is 5.41 Å². The average Bonchev–Trinajstić information content (AvgIpc) is 3.18. The number of esters is 1. The second-order valence-corrected chi connectivity index (χ2v) is 5.51. The van der Waals surface area contributed by atoms with Gasteiger partial charge in [-0.05, 0) is 17.8 Å². The molecule has 14 nitrogen and oxygen atoms in total. The molecule has 0 radical (unpaired) electrons. The van der Waals surface area contributed by atoms with Crippen LogP contribution >= 0.6 is 0 Å². The van der Waals surface area contributed by atoms with Gasteiger partial charge in [0.2, 0.25) is 11.5 Å². The molecule has 14 heteroatoms. The van der Waals surface area contributed by atoms with Gasteiger partial charge in [-0.1, -0.05) is 9.90 Å². The van der Waals surface area contributed by atoms with Crippen molar-refractivity contribution in [2.75, 3.05) is 6.61 Å². The summed E-state index contributed by atoms with van der Waals surface area (Å²) in [6.45, 7) is 1.30. The number of nitrogen functional groups attached to an aromatic ring is 1. The van der Waals surface area contributed by atoms with Gasteiger partial charge in [-0.2, -0.15) is 4.68 Å². The third-order valence-corrected chi connectivity index (χ3v) is 3.73. The van der Waals surface area contributed by atoms with Gasteiger partial charge in [0.1, 0.15) is 6.61 Å². The largest absolute Gasteiger partial charge is 0.463 e. The molecule has 0 amide bonds. The maximum atomic E-state index is 12.7. The third-order valence-electron chi connectivity index (χ3n) is 3.73. The van der Waals surface area contributed by atoms with Gasteiger partial charge < -0.3 is 25.3 Å². The number of aromatic nitrogens is 5. The maximum absolute atomic E-state index is 12.7. The molecule has 3 heterocycles. The summed E-state index contributed by atoms with van der Waals surface area (Å²) in [6.07, 6.45) is -0.312. The molecule has 2 atom stereocenters. The SMILES string of the molecule is CC(=O)OCC1CCC(n2nnc3c([N+](=O)[O-])nn(C(=N)N)c3c2=O)O1. The van der Waals surface area contributed by atoms with Gasteiger partial charge in [-0.3, -0.25) is 15.0 Å². The Hall–Kier alpha value is -3.42. The zero-order chi connectivity index (χ0) is 19.0. The summed E-state index contributed by atoms with van der Waals surface area (Å²) in [5, 5.41) is 29.4. The highest BCUT2D eigenvalue weighted by Crippen LogP contribution is 2.27. The van der Waals surface area contributed by atoms with Gasteiger partial charge in [0.25, 0.3) is 0 Å². The lowest BCUT2D eigenvalue weighted by Gasteiger charge is -2.14. The molecule has 26 heavy (non-hydrogen) atoms. The summed E-state index contributed by atoms with van der Waals surface area (Å²) in [4.78, 5) is 33.8. The van der Waals surface area contributed by atoms with E-state index in [1.54, 1.807) is 0 Å². The van der Waals surface area contributed by atoms with E-state index in [2.05, 4.69) is 15.4 Å². The van der Waals surface area contributed by atoms with Crippen molar-refractivity contribution in [3.05, 3.63) is 20.5 Å². The molecule has 0 saturated carbocycles. The number of hydrogen-bond acceptors (Lipinski definition) is 10. The predicted molar refractivity (Wildman–Crippen MR) is 83.3 cm³/mol. The summed E-state index contributed by atoms with van der Waals surface area (Å²) in [5.74, 6) is -1.86. The molecule has 0 bridgehead atoms. The number of hydrogen-bond donors (Lipinski definition) is 2. The lowest BCUT2D eigenvalue weighted by molar-refractivity contribution is -0.388. The molecule has 2 unspecified atom stereocenters. The smallest absolute Gasteiger partial charge is 0.419 e. The van der Waals surface area contributed by atoms with E-state index in [0.717, 1.165) is 4.68 Å². The number of nitro groups is 1. The minimum atomic E-state index is -0.846. The first kappa shape index (κ1) is 17.4. The first-order valence-corrected chi connectivity index (χ1v) is 7.45. The number of fused-ring (bicyclic) bond motifs is 1. The fourth-order valence-corrected chi connectivity index (χ4v) is 2.61. The van der Waals surface area contributed by atoms with E-state index in [0.29, 0.717) is 17.5 Å². The molecule has 138 valence electrons. The van der Waals surface area contributed by atoms with E-state index in [1.165, 1.54) is 6.92 Å². The molecular weight excluding hydrogens is 352 g/mol. The Bertz CT molecular complexity index is 965. The first-order chi connectivity index (χ1) is 12.3. The molecule has 0 spiro atoms. The van der Waals surface area contributed by atoms with Crippen molar-refractivity contribution in [2.24, 2.45) is 5.73 Å². The highest BCUT2D eigenvalue weighted by Gasteiger charge is 2.33. The third kappa shape index (κ3) is 2.97. The Labute approximate surface area is 144 Å². The van der Waals surface area contributed by atoms with E-state index >= 15 is 0 Å². The molecule has 3 rings (SSSR count). The fourth-order valence-electron chi connectivity index (χ4n) is 2.61. The molecule has 0 aliphatic carbocycles. The van der Waals surface area contributed by atoms with E-state index in [4.69, 9.17) is 20.6 Å². The minimum absolute atomic E-state index is 0.0348. The number of rotatable bonds is 4. The maximum Gasteiger partial charge on any atom is 0.419 e. The normalized spacial score (nSPS) is 19.6. The van der Waals surface area contributed by atoms with Crippen LogP contribution in [0.1, 0.15) is 26.0 Å². The summed E-state index contributed by atoms with van der Waals surface area (Å²) >= 11 is 0. The van der Waals surface area contributed by atoms with Crippen LogP contribution in [0.3, 0.4) is 0 Å². The van der Waals surface area contributed by atoms with Crippen LogP contribution < -0.4 is 11.3 Å². The molecule has 2 aromatic rings. The molecular formula is C12H14N8O6. The Balaban J connectivity index is 1.99. The zero-order valence-corrected chi connectivity index (χ0v) is 13.5. The van der Waals surface area contributed by atoms with Crippen LogP contribution in [0, 0.1) is 15.5 Å². The van der Waals surface area contributed by atoms with Crippen LogP contribution in [0.4, 0.5) is 5.82 Å². The van der Waals surface area contributed by atoms with Gasteiger partial charge in [-0.25, -0.2) is 0 Å². The van der Waals surface area contributed by atoms with Crippen molar-refractivity contribution >= 4 is 28.8 Å².